The highest BCUT2D eigenvalue weighted by molar-refractivity contribution is 9.10. The van der Waals surface area contributed by atoms with Crippen LogP contribution in [-0.2, 0) is 4.79 Å². The molecule has 5 nitrogen and oxygen atoms in total. The Morgan fingerprint density at radius 3 is 2.59 bits per heavy atom. The summed E-state index contributed by atoms with van der Waals surface area (Å²) in [6, 6.07) is 1.73. The molecule has 2 N–H and O–H groups in total. The highest BCUT2D eigenvalue weighted by Gasteiger charge is 2.13. The van der Waals surface area contributed by atoms with Crippen LogP contribution in [0.5, 0.6) is 0 Å². The molecule has 0 bridgehead atoms. The fourth-order valence-corrected chi connectivity index (χ4v) is 1.73. The Labute approximate surface area is 110 Å². The number of aryl methyl sites for hydroxylation is 1. The minimum atomic E-state index is -0.221. The van der Waals surface area contributed by atoms with E-state index in [-0.39, 0.29) is 18.0 Å². The van der Waals surface area contributed by atoms with Crippen molar-refractivity contribution in [1.82, 2.24) is 15.3 Å². The number of anilines is 1. The Kier molecular flexibility index (Phi) is 4.45. The topological polar surface area (TPSA) is 66.9 Å². The standard InChI is InChI=1S/C11H17BrN4O/c1-7-14-8(12)5-9(15-7)13-6-10(17)16-11(2,3)4/h5H,6H2,1-4H3,(H,16,17)(H,13,14,15). The predicted octanol–water partition coefficient (Wildman–Crippen LogP) is 1.87. The van der Waals surface area contributed by atoms with Crippen LogP contribution in [0, 0.1) is 6.92 Å². The van der Waals surface area contributed by atoms with Crippen molar-refractivity contribution in [3.63, 3.8) is 0 Å². The van der Waals surface area contributed by atoms with Crippen molar-refractivity contribution >= 4 is 27.7 Å². The second-order valence-corrected chi connectivity index (χ2v) is 5.59. The Hall–Kier alpha value is -1.17. The number of halogens is 1. The first-order chi connectivity index (χ1) is 7.76. The average Bonchev–Trinajstić information content (AvgIpc) is 2.10. The molecule has 1 aromatic rings. The number of aromatic nitrogens is 2. The summed E-state index contributed by atoms with van der Waals surface area (Å²) in [6.45, 7) is 7.81. The molecule has 0 aliphatic rings. The summed E-state index contributed by atoms with van der Waals surface area (Å²) >= 11 is 3.28. The van der Waals surface area contributed by atoms with Crippen molar-refractivity contribution in [1.29, 1.82) is 0 Å². The van der Waals surface area contributed by atoms with Gasteiger partial charge in [-0.2, -0.15) is 0 Å². The second kappa shape index (κ2) is 5.44. The van der Waals surface area contributed by atoms with E-state index in [1.165, 1.54) is 0 Å². The maximum atomic E-state index is 11.6. The monoisotopic (exact) mass is 300 g/mol. The van der Waals surface area contributed by atoms with Crippen molar-refractivity contribution in [3.8, 4) is 0 Å². The molecule has 0 aliphatic heterocycles. The number of carbonyl (C=O) groups excluding carboxylic acids is 1. The molecule has 1 rings (SSSR count). The number of hydrogen-bond acceptors (Lipinski definition) is 4. The average molecular weight is 301 g/mol. The fourth-order valence-electron chi connectivity index (χ4n) is 1.26. The summed E-state index contributed by atoms with van der Waals surface area (Å²) < 4.78 is 0.698. The van der Waals surface area contributed by atoms with E-state index in [0.717, 1.165) is 0 Å². The molecule has 17 heavy (non-hydrogen) atoms. The van der Waals surface area contributed by atoms with Crippen LogP contribution in [0.15, 0.2) is 10.7 Å². The molecule has 0 aromatic carbocycles. The van der Waals surface area contributed by atoms with Gasteiger partial charge in [-0.1, -0.05) is 0 Å². The Morgan fingerprint density at radius 2 is 2.06 bits per heavy atom. The number of nitrogens with zero attached hydrogens (tertiary/aromatic N) is 2. The lowest BCUT2D eigenvalue weighted by molar-refractivity contribution is -0.120. The summed E-state index contributed by atoms with van der Waals surface area (Å²) in [6.07, 6.45) is 0. The zero-order chi connectivity index (χ0) is 13.1. The molecule has 0 aliphatic carbocycles. The Balaban J connectivity index is 2.53. The predicted molar refractivity (Wildman–Crippen MR) is 70.9 cm³/mol. The minimum absolute atomic E-state index is 0.0649. The first-order valence-electron chi connectivity index (χ1n) is 5.32. The highest BCUT2D eigenvalue weighted by atomic mass is 79.9. The Bertz CT molecular complexity index is 394. The van der Waals surface area contributed by atoms with Gasteiger partial charge in [0.1, 0.15) is 16.2 Å². The number of hydrogen-bond donors (Lipinski definition) is 2. The fraction of sp³-hybridized carbons (Fsp3) is 0.545. The number of nitrogens with one attached hydrogen (secondary N) is 2. The summed E-state index contributed by atoms with van der Waals surface area (Å²) in [4.78, 5) is 19.8. The van der Waals surface area contributed by atoms with Crippen molar-refractivity contribution in [2.24, 2.45) is 0 Å². The van der Waals surface area contributed by atoms with E-state index in [2.05, 4.69) is 36.5 Å². The summed E-state index contributed by atoms with van der Waals surface area (Å²) in [5, 5.41) is 5.82. The lowest BCUT2D eigenvalue weighted by Crippen LogP contribution is -2.43. The smallest absolute Gasteiger partial charge is 0.239 e. The van der Waals surface area contributed by atoms with Gasteiger partial charge < -0.3 is 10.6 Å². The summed E-state index contributed by atoms with van der Waals surface area (Å²) in [7, 11) is 0. The van der Waals surface area contributed by atoms with Gasteiger partial charge in [-0.05, 0) is 43.6 Å². The molecule has 1 aromatic heterocycles. The van der Waals surface area contributed by atoms with Crippen LogP contribution in [0.1, 0.15) is 26.6 Å². The van der Waals surface area contributed by atoms with Gasteiger partial charge in [-0.3, -0.25) is 4.79 Å². The Morgan fingerprint density at radius 1 is 1.41 bits per heavy atom. The van der Waals surface area contributed by atoms with E-state index in [9.17, 15) is 4.79 Å². The van der Waals surface area contributed by atoms with Gasteiger partial charge in [0.15, 0.2) is 0 Å². The zero-order valence-electron chi connectivity index (χ0n) is 10.5. The molecule has 0 fully saturated rings. The largest absolute Gasteiger partial charge is 0.361 e. The van der Waals surface area contributed by atoms with Gasteiger partial charge in [0, 0.05) is 11.6 Å². The van der Waals surface area contributed by atoms with E-state index in [4.69, 9.17) is 0 Å². The maximum absolute atomic E-state index is 11.6. The molecule has 0 saturated heterocycles. The summed E-state index contributed by atoms with van der Waals surface area (Å²) in [5.41, 5.74) is -0.221. The van der Waals surface area contributed by atoms with Gasteiger partial charge in [-0.25, -0.2) is 9.97 Å². The first kappa shape index (κ1) is 13.9. The van der Waals surface area contributed by atoms with Crippen LogP contribution in [0.2, 0.25) is 0 Å². The third-order valence-electron chi connectivity index (χ3n) is 1.75. The van der Waals surface area contributed by atoms with E-state index < -0.39 is 0 Å². The first-order valence-corrected chi connectivity index (χ1v) is 6.11. The van der Waals surface area contributed by atoms with Gasteiger partial charge in [-0.15, -0.1) is 0 Å². The molecule has 0 spiro atoms. The third kappa shape index (κ3) is 5.63. The van der Waals surface area contributed by atoms with Gasteiger partial charge in [0.25, 0.3) is 0 Å². The number of carbonyl (C=O) groups is 1. The van der Waals surface area contributed by atoms with E-state index >= 15 is 0 Å². The highest BCUT2D eigenvalue weighted by Crippen LogP contribution is 2.11. The molecule has 6 heteroatoms. The molecule has 0 saturated carbocycles. The molecule has 94 valence electrons. The van der Waals surface area contributed by atoms with Crippen LogP contribution in [0.4, 0.5) is 5.82 Å². The lowest BCUT2D eigenvalue weighted by atomic mass is 10.1. The van der Waals surface area contributed by atoms with E-state index in [1.54, 1.807) is 13.0 Å². The summed E-state index contributed by atoms with van der Waals surface area (Å²) in [5.74, 6) is 1.22. The lowest BCUT2D eigenvalue weighted by Gasteiger charge is -2.20. The quantitative estimate of drug-likeness (QED) is 0.837. The zero-order valence-corrected chi connectivity index (χ0v) is 12.1. The normalized spacial score (nSPS) is 11.1. The third-order valence-corrected chi connectivity index (χ3v) is 2.16. The molecule has 0 radical (unpaired) electrons. The molecule has 0 unspecified atom stereocenters. The SMILES string of the molecule is Cc1nc(Br)cc(NCC(=O)NC(C)(C)C)n1. The maximum Gasteiger partial charge on any atom is 0.239 e. The minimum Gasteiger partial charge on any atom is -0.361 e. The number of rotatable bonds is 3. The van der Waals surface area contributed by atoms with Gasteiger partial charge >= 0.3 is 0 Å². The van der Waals surface area contributed by atoms with E-state index in [1.807, 2.05) is 20.8 Å². The molecule has 1 heterocycles. The molecule has 0 atom stereocenters. The van der Waals surface area contributed by atoms with Crippen molar-refractivity contribution < 1.29 is 4.79 Å². The second-order valence-electron chi connectivity index (χ2n) is 4.77. The molecular weight excluding hydrogens is 284 g/mol. The van der Waals surface area contributed by atoms with Crippen LogP contribution in [0.25, 0.3) is 0 Å². The van der Waals surface area contributed by atoms with Crippen molar-refractivity contribution in [3.05, 3.63) is 16.5 Å². The van der Waals surface area contributed by atoms with Crippen LogP contribution < -0.4 is 10.6 Å². The molecular formula is C11H17BrN4O. The van der Waals surface area contributed by atoms with Crippen molar-refractivity contribution in [2.75, 3.05) is 11.9 Å². The number of amides is 1. The van der Waals surface area contributed by atoms with Crippen LogP contribution in [-0.4, -0.2) is 28.0 Å². The van der Waals surface area contributed by atoms with Crippen LogP contribution >= 0.6 is 15.9 Å². The van der Waals surface area contributed by atoms with Crippen LogP contribution in [0.3, 0.4) is 0 Å². The van der Waals surface area contributed by atoms with E-state index in [0.29, 0.717) is 16.2 Å². The van der Waals surface area contributed by atoms with Gasteiger partial charge in [0.05, 0.1) is 6.54 Å². The van der Waals surface area contributed by atoms with Crippen molar-refractivity contribution in [2.45, 2.75) is 33.2 Å². The van der Waals surface area contributed by atoms with Gasteiger partial charge in [0.2, 0.25) is 5.91 Å². The molecule has 1 amide bonds.